The Morgan fingerprint density at radius 3 is 3.00 bits per heavy atom. The zero-order valence-corrected chi connectivity index (χ0v) is 10.2. The molecule has 4 heteroatoms. The Balaban J connectivity index is 1.88. The predicted molar refractivity (Wildman–Crippen MR) is 67.0 cm³/mol. The monoisotopic (exact) mass is 239 g/mol. The van der Waals surface area contributed by atoms with Crippen LogP contribution >= 0.6 is 11.8 Å². The molecule has 1 fully saturated rings. The van der Waals surface area contributed by atoms with E-state index in [0.29, 0.717) is 5.25 Å². The molecule has 0 aliphatic carbocycles. The minimum Gasteiger partial charge on any atom is -0.497 e. The first kappa shape index (κ1) is 11.8. The molecule has 0 aromatic heterocycles. The molecule has 1 heterocycles. The molecule has 2 rings (SSSR count). The van der Waals surface area contributed by atoms with Crippen molar-refractivity contribution in [2.75, 3.05) is 26.1 Å². The number of thioether (sulfide) groups is 1. The summed E-state index contributed by atoms with van der Waals surface area (Å²) in [5, 5.41) is 0.636. The Morgan fingerprint density at radius 2 is 2.38 bits per heavy atom. The van der Waals surface area contributed by atoms with Crippen molar-refractivity contribution < 1.29 is 9.47 Å². The lowest BCUT2D eigenvalue weighted by Crippen LogP contribution is -2.31. The van der Waals surface area contributed by atoms with Crippen LogP contribution in [-0.2, 0) is 4.74 Å². The van der Waals surface area contributed by atoms with Gasteiger partial charge in [0.05, 0.1) is 25.6 Å². The summed E-state index contributed by atoms with van der Waals surface area (Å²) in [7, 11) is 1.67. The Morgan fingerprint density at radius 1 is 1.56 bits per heavy atom. The first-order valence-electron chi connectivity index (χ1n) is 5.38. The summed E-state index contributed by atoms with van der Waals surface area (Å²) in [5.41, 5.74) is 7.26. The lowest BCUT2D eigenvalue weighted by Gasteiger charge is -2.26. The second-order valence-corrected chi connectivity index (χ2v) is 5.21. The van der Waals surface area contributed by atoms with Crippen molar-refractivity contribution in [3.05, 3.63) is 29.8 Å². The molecule has 0 saturated carbocycles. The van der Waals surface area contributed by atoms with Crippen molar-refractivity contribution in [3.63, 3.8) is 0 Å². The second-order valence-electron chi connectivity index (χ2n) is 3.88. The van der Waals surface area contributed by atoms with Gasteiger partial charge in [-0.1, -0.05) is 12.1 Å². The molecule has 1 unspecified atom stereocenters. The second kappa shape index (κ2) is 5.57. The molecule has 1 atom stereocenters. The number of hydrogen-bond acceptors (Lipinski definition) is 4. The largest absolute Gasteiger partial charge is 0.497 e. The van der Waals surface area contributed by atoms with Crippen LogP contribution in [0, 0.1) is 0 Å². The van der Waals surface area contributed by atoms with Gasteiger partial charge in [-0.15, -0.1) is 0 Å². The molecule has 1 saturated heterocycles. The van der Waals surface area contributed by atoms with E-state index >= 15 is 0 Å². The lowest BCUT2D eigenvalue weighted by atomic mass is 10.1. The molecule has 88 valence electrons. The number of ether oxygens (including phenoxy) is 2. The van der Waals surface area contributed by atoms with E-state index in [9.17, 15) is 0 Å². The minimum absolute atomic E-state index is 0.0701. The van der Waals surface area contributed by atoms with Gasteiger partial charge in [0.25, 0.3) is 0 Å². The highest BCUT2D eigenvalue weighted by molar-refractivity contribution is 8.00. The zero-order valence-electron chi connectivity index (χ0n) is 9.39. The first-order valence-corrected chi connectivity index (χ1v) is 6.43. The van der Waals surface area contributed by atoms with Gasteiger partial charge in [0, 0.05) is 11.8 Å². The van der Waals surface area contributed by atoms with E-state index in [-0.39, 0.29) is 6.04 Å². The fraction of sp³-hybridized carbons (Fsp3) is 0.500. The fourth-order valence-electron chi connectivity index (χ4n) is 1.52. The topological polar surface area (TPSA) is 44.5 Å². The van der Waals surface area contributed by atoms with Crippen molar-refractivity contribution in [2.24, 2.45) is 5.73 Å². The van der Waals surface area contributed by atoms with E-state index in [2.05, 4.69) is 0 Å². The maximum Gasteiger partial charge on any atom is 0.119 e. The van der Waals surface area contributed by atoms with Crippen molar-refractivity contribution >= 4 is 11.8 Å². The highest BCUT2D eigenvalue weighted by Crippen LogP contribution is 2.25. The molecule has 1 aliphatic rings. The van der Waals surface area contributed by atoms with Gasteiger partial charge in [0.1, 0.15) is 5.75 Å². The molecule has 0 bridgehead atoms. The fourth-order valence-corrected chi connectivity index (χ4v) is 2.58. The van der Waals surface area contributed by atoms with Gasteiger partial charge in [-0.3, -0.25) is 0 Å². The van der Waals surface area contributed by atoms with Gasteiger partial charge in [-0.2, -0.15) is 11.8 Å². The van der Waals surface area contributed by atoms with Gasteiger partial charge in [0.2, 0.25) is 0 Å². The van der Waals surface area contributed by atoms with Crippen molar-refractivity contribution in [1.29, 1.82) is 0 Å². The zero-order chi connectivity index (χ0) is 11.4. The molecule has 2 N–H and O–H groups in total. The quantitative estimate of drug-likeness (QED) is 0.851. The van der Waals surface area contributed by atoms with E-state index in [1.165, 1.54) is 0 Å². The minimum atomic E-state index is 0.0701. The van der Waals surface area contributed by atoms with Crippen molar-refractivity contribution in [3.8, 4) is 5.75 Å². The normalized spacial score (nSPS) is 17.9. The molecule has 1 aromatic carbocycles. The number of rotatable bonds is 5. The average Bonchev–Trinajstić information content (AvgIpc) is 2.27. The van der Waals surface area contributed by atoms with E-state index < -0.39 is 0 Å². The molecule has 16 heavy (non-hydrogen) atoms. The van der Waals surface area contributed by atoms with E-state index in [1.54, 1.807) is 7.11 Å². The van der Waals surface area contributed by atoms with E-state index in [0.717, 1.165) is 30.3 Å². The average molecular weight is 239 g/mol. The van der Waals surface area contributed by atoms with Gasteiger partial charge < -0.3 is 15.2 Å². The number of methoxy groups -OCH3 is 1. The maximum absolute atomic E-state index is 6.13. The lowest BCUT2D eigenvalue weighted by molar-refractivity contribution is 0.0455. The van der Waals surface area contributed by atoms with Crippen LogP contribution < -0.4 is 10.5 Å². The molecule has 0 amide bonds. The van der Waals surface area contributed by atoms with Crippen LogP contribution in [0.4, 0.5) is 0 Å². The highest BCUT2D eigenvalue weighted by atomic mass is 32.2. The van der Waals surface area contributed by atoms with Crippen molar-refractivity contribution in [2.45, 2.75) is 11.3 Å². The summed E-state index contributed by atoms with van der Waals surface area (Å²) in [5.74, 6) is 1.80. The predicted octanol–water partition coefficient (Wildman–Crippen LogP) is 1.83. The number of hydrogen-bond donors (Lipinski definition) is 1. The summed E-state index contributed by atoms with van der Waals surface area (Å²) in [6.45, 7) is 1.74. The summed E-state index contributed by atoms with van der Waals surface area (Å²) >= 11 is 1.89. The van der Waals surface area contributed by atoms with Crippen LogP contribution in [-0.4, -0.2) is 31.3 Å². The third-order valence-corrected chi connectivity index (χ3v) is 3.94. The highest BCUT2D eigenvalue weighted by Gasteiger charge is 2.20. The van der Waals surface area contributed by atoms with Crippen LogP contribution in [0.3, 0.4) is 0 Å². The summed E-state index contributed by atoms with van der Waals surface area (Å²) in [6, 6.07) is 8.03. The summed E-state index contributed by atoms with van der Waals surface area (Å²) < 4.78 is 10.3. The van der Waals surface area contributed by atoms with E-state index in [1.807, 2.05) is 36.0 Å². The number of benzene rings is 1. The van der Waals surface area contributed by atoms with Gasteiger partial charge in [0.15, 0.2) is 0 Å². The SMILES string of the molecule is COc1cccc(C(N)CSC2COC2)c1. The standard InChI is InChI=1S/C12H17NO2S/c1-14-10-4-2-3-9(5-10)12(13)8-16-11-6-15-7-11/h2-5,11-12H,6-8,13H2,1H3. The van der Waals surface area contributed by atoms with Crippen molar-refractivity contribution in [1.82, 2.24) is 0 Å². The molecule has 0 spiro atoms. The van der Waals surface area contributed by atoms with Crippen LogP contribution in [0.1, 0.15) is 11.6 Å². The van der Waals surface area contributed by atoms with Gasteiger partial charge in [-0.25, -0.2) is 0 Å². The molecule has 3 nitrogen and oxygen atoms in total. The Hall–Kier alpha value is -0.710. The Bertz CT molecular complexity index is 342. The molecular weight excluding hydrogens is 222 g/mol. The molecule has 0 radical (unpaired) electrons. The third kappa shape index (κ3) is 2.90. The van der Waals surface area contributed by atoms with E-state index in [4.69, 9.17) is 15.2 Å². The summed E-state index contributed by atoms with van der Waals surface area (Å²) in [6.07, 6.45) is 0. The van der Waals surface area contributed by atoms with Crippen LogP contribution in [0.25, 0.3) is 0 Å². The molecular formula is C12H17NO2S. The maximum atomic E-state index is 6.13. The third-order valence-electron chi connectivity index (χ3n) is 2.64. The first-order chi connectivity index (χ1) is 7.79. The van der Waals surface area contributed by atoms with Crippen LogP contribution in [0.5, 0.6) is 5.75 Å². The molecule has 1 aliphatic heterocycles. The summed E-state index contributed by atoms with van der Waals surface area (Å²) in [4.78, 5) is 0. The van der Waals surface area contributed by atoms with Gasteiger partial charge >= 0.3 is 0 Å². The number of nitrogens with two attached hydrogens (primary N) is 1. The molecule has 1 aromatic rings. The van der Waals surface area contributed by atoms with Gasteiger partial charge in [-0.05, 0) is 17.7 Å². The Kier molecular flexibility index (Phi) is 4.09. The van der Waals surface area contributed by atoms with Crippen LogP contribution in [0.2, 0.25) is 0 Å². The van der Waals surface area contributed by atoms with Crippen LogP contribution in [0.15, 0.2) is 24.3 Å². The smallest absolute Gasteiger partial charge is 0.119 e. The Labute approximate surface area is 100 Å².